The number of carbonyl (C=O) groups excluding carboxylic acids is 1. The first-order chi connectivity index (χ1) is 16.1. The topological polar surface area (TPSA) is 99.2 Å². The van der Waals surface area contributed by atoms with Gasteiger partial charge in [-0.3, -0.25) is 4.79 Å². The van der Waals surface area contributed by atoms with Gasteiger partial charge < -0.3 is 14.2 Å². The molecule has 9 nitrogen and oxygen atoms in total. The molecule has 0 saturated carbocycles. The smallest absolute Gasteiger partial charge is 0.261 e. The van der Waals surface area contributed by atoms with Gasteiger partial charge in [-0.1, -0.05) is 34.4 Å². The zero-order valence-corrected chi connectivity index (χ0v) is 19.0. The molecular formula is C22H18Cl2N6O3. The van der Waals surface area contributed by atoms with Gasteiger partial charge in [0, 0.05) is 11.6 Å². The quantitative estimate of drug-likeness (QED) is 0.407. The second-order valence-electron chi connectivity index (χ2n) is 7.41. The van der Waals surface area contributed by atoms with Gasteiger partial charge in [0.1, 0.15) is 5.75 Å². The zero-order valence-electron chi connectivity index (χ0n) is 17.5. The Morgan fingerprint density at radius 2 is 2.00 bits per heavy atom. The number of nitrogens with zero attached hydrogens (tertiary/aromatic N) is 6. The fraction of sp³-hybridized carbons (Fsp3) is 0.227. The predicted octanol–water partition coefficient (Wildman–Crippen LogP) is 4.61. The van der Waals surface area contributed by atoms with E-state index in [-0.39, 0.29) is 17.8 Å². The van der Waals surface area contributed by atoms with Crippen molar-refractivity contribution in [2.75, 3.05) is 13.7 Å². The number of ether oxygens (including phenoxy) is 1. The van der Waals surface area contributed by atoms with Gasteiger partial charge in [-0.2, -0.15) is 20.0 Å². The number of aromatic nitrogens is 5. The summed E-state index contributed by atoms with van der Waals surface area (Å²) in [4.78, 5) is 21.3. The number of benzene rings is 2. The molecule has 5 rings (SSSR count). The highest BCUT2D eigenvalue weighted by Crippen LogP contribution is 2.38. The summed E-state index contributed by atoms with van der Waals surface area (Å²) in [5, 5.41) is 13.3. The summed E-state index contributed by atoms with van der Waals surface area (Å²) in [5.41, 5.74) is 1.52. The highest BCUT2D eigenvalue weighted by Gasteiger charge is 2.35. The third-order valence-electron chi connectivity index (χ3n) is 5.48. The molecule has 0 bridgehead atoms. The van der Waals surface area contributed by atoms with E-state index in [1.807, 2.05) is 0 Å². The van der Waals surface area contributed by atoms with Crippen molar-refractivity contribution in [2.45, 2.75) is 18.9 Å². The van der Waals surface area contributed by atoms with Gasteiger partial charge in [-0.05, 0) is 43.2 Å². The number of rotatable bonds is 5. The van der Waals surface area contributed by atoms with Gasteiger partial charge in [0.05, 0.1) is 47.4 Å². The molecular weight excluding hydrogens is 467 g/mol. The molecule has 0 spiro atoms. The number of halogens is 2. The van der Waals surface area contributed by atoms with Crippen LogP contribution in [-0.4, -0.2) is 49.6 Å². The number of amides is 1. The molecule has 0 radical (unpaired) electrons. The van der Waals surface area contributed by atoms with Crippen molar-refractivity contribution in [1.82, 2.24) is 30.0 Å². The molecule has 168 valence electrons. The van der Waals surface area contributed by atoms with Crippen LogP contribution < -0.4 is 4.74 Å². The molecule has 0 aliphatic carbocycles. The van der Waals surface area contributed by atoms with Crippen LogP contribution in [0.5, 0.6) is 5.75 Å². The van der Waals surface area contributed by atoms with Crippen LogP contribution in [-0.2, 0) is 0 Å². The Bertz CT molecular complexity index is 1310. The van der Waals surface area contributed by atoms with Crippen LogP contribution >= 0.6 is 23.2 Å². The SMILES string of the molecule is COc1c(Cl)cccc1-c1nc(C2CCCN2C(=O)c2cc(Cl)ccc2-n2nccn2)no1. The lowest BCUT2D eigenvalue weighted by molar-refractivity contribution is 0.0728. The van der Waals surface area contributed by atoms with Crippen molar-refractivity contribution < 1.29 is 14.1 Å². The minimum absolute atomic E-state index is 0.209. The van der Waals surface area contributed by atoms with Gasteiger partial charge in [-0.25, -0.2) is 0 Å². The molecule has 2 aromatic heterocycles. The first kappa shape index (κ1) is 21.4. The highest BCUT2D eigenvalue weighted by molar-refractivity contribution is 6.32. The van der Waals surface area contributed by atoms with E-state index < -0.39 is 0 Å². The molecule has 3 heterocycles. The molecule has 1 amide bonds. The van der Waals surface area contributed by atoms with E-state index in [1.165, 1.54) is 11.9 Å². The third-order valence-corrected chi connectivity index (χ3v) is 6.01. The first-order valence-electron chi connectivity index (χ1n) is 10.2. The predicted molar refractivity (Wildman–Crippen MR) is 121 cm³/mol. The van der Waals surface area contributed by atoms with Crippen LogP contribution in [0.2, 0.25) is 10.0 Å². The van der Waals surface area contributed by atoms with Crippen molar-refractivity contribution in [3.8, 4) is 22.9 Å². The molecule has 1 saturated heterocycles. The van der Waals surface area contributed by atoms with E-state index in [0.717, 1.165) is 6.42 Å². The molecule has 2 aromatic carbocycles. The number of likely N-dealkylation sites (tertiary alicyclic amines) is 1. The van der Waals surface area contributed by atoms with Crippen LogP contribution in [0.1, 0.15) is 35.1 Å². The van der Waals surface area contributed by atoms with Crippen molar-refractivity contribution >= 4 is 29.1 Å². The summed E-state index contributed by atoms with van der Waals surface area (Å²) in [7, 11) is 1.52. The van der Waals surface area contributed by atoms with Gasteiger partial charge in [0.25, 0.3) is 11.8 Å². The van der Waals surface area contributed by atoms with Crippen molar-refractivity contribution in [3.63, 3.8) is 0 Å². The Labute approximate surface area is 198 Å². The summed E-state index contributed by atoms with van der Waals surface area (Å²) in [6.45, 7) is 0.548. The van der Waals surface area contributed by atoms with Crippen LogP contribution in [0.3, 0.4) is 0 Å². The lowest BCUT2D eigenvalue weighted by Crippen LogP contribution is -2.32. The summed E-state index contributed by atoms with van der Waals surface area (Å²) < 4.78 is 10.9. The normalized spacial score (nSPS) is 15.7. The number of hydrogen-bond acceptors (Lipinski definition) is 7. The Morgan fingerprint density at radius 1 is 1.18 bits per heavy atom. The lowest BCUT2D eigenvalue weighted by atomic mass is 10.1. The van der Waals surface area contributed by atoms with E-state index in [2.05, 4.69) is 20.3 Å². The fourth-order valence-corrected chi connectivity index (χ4v) is 4.42. The van der Waals surface area contributed by atoms with E-state index in [0.29, 0.717) is 51.4 Å². The van der Waals surface area contributed by atoms with E-state index in [4.69, 9.17) is 32.5 Å². The minimum atomic E-state index is -0.349. The Morgan fingerprint density at radius 3 is 2.79 bits per heavy atom. The number of methoxy groups -OCH3 is 1. The Kier molecular flexibility index (Phi) is 5.74. The average molecular weight is 485 g/mol. The molecule has 4 aromatic rings. The molecule has 1 aliphatic rings. The maximum absolute atomic E-state index is 13.6. The summed E-state index contributed by atoms with van der Waals surface area (Å²) in [5.74, 6) is 0.925. The van der Waals surface area contributed by atoms with Crippen LogP contribution in [0.4, 0.5) is 0 Å². The minimum Gasteiger partial charge on any atom is -0.494 e. The molecule has 1 unspecified atom stereocenters. The van der Waals surface area contributed by atoms with E-state index in [1.54, 1.807) is 53.7 Å². The second-order valence-corrected chi connectivity index (χ2v) is 8.26. The maximum atomic E-state index is 13.6. The van der Waals surface area contributed by atoms with E-state index in [9.17, 15) is 4.79 Å². The van der Waals surface area contributed by atoms with Gasteiger partial charge in [0.15, 0.2) is 5.82 Å². The van der Waals surface area contributed by atoms with Crippen LogP contribution in [0.25, 0.3) is 17.1 Å². The maximum Gasteiger partial charge on any atom is 0.261 e. The van der Waals surface area contributed by atoms with Gasteiger partial charge in [0.2, 0.25) is 0 Å². The van der Waals surface area contributed by atoms with E-state index >= 15 is 0 Å². The summed E-state index contributed by atoms with van der Waals surface area (Å²) in [6.07, 6.45) is 4.60. The number of para-hydroxylation sites is 1. The largest absolute Gasteiger partial charge is 0.494 e. The van der Waals surface area contributed by atoms with Crippen LogP contribution in [0, 0.1) is 0 Å². The van der Waals surface area contributed by atoms with Crippen molar-refractivity contribution in [3.05, 3.63) is 70.2 Å². The molecule has 1 fully saturated rings. The van der Waals surface area contributed by atoms with Gasteiger partial charge >= 0.3 is 0 Å². The number of hydrogen-bond donors (Lipinski definition) is 0. The fourth-order valence-electron chi connectivity index (χ4n) is 3.99. The first-order valence-corrected chi connectivity index (χ1v) is 11.0. The molecule has 0 N–H and O–H groups in total. The highest BCUT2D eigenvalue weighted by atomic mass is 35.5. The summed E-state index contributed by atoms with van der Waals surface area (Å²) in [6, 6.07) is 9.97. The molecule has 33 heavy (non-hydrogen) atoms. The molecule has 1 aliphatic heterocycles. The third kappa shape index (κ3) is 3.94. The van der Waals surface area contributed by atoms with Gasteiger partial charge in [-0.15, -0.1) is 0 Å². The Balaban J connectivity index is 1.48. The van der Waals surface area contributed by atoms with Crippen molar-refractivity contribution in [2.24, 2.45) is 0 Å². The number of carbonyl (C=O) groups is 1. The monoisotopic (exact) mass is 484 g/mol. The Hall–Kier alpha value is -3.43. The van der Waals surface area contributed by atoms with Crippen molar-refractivity contribution in [1.29, 1.82) is 0 Å². The lowest BCUT2D eigenvalue weighted by Gasteiger charge is -2.23. The average Bonchev–Trinajstić information content (AvgIpc) is 3.59. The zero-order chi connectivity index (χ0) is 22.9. The molecule has 11 heteroatoms. The second kappa shape index (κ2) is 8.84. The molecule has 1 atom stereocenters. The standard InChI is InChI=1S/C22H18Cl2N6O3/c1-32-19-14(4-2-5-16(19)24)21-27-20(28-33-21)18-6-3-11-29(18)22(31)15-12-13(23)7-8-17(15)30-25-9-10-26-30/h2,4-5,7-10,12,18H,3,6,11H2,1H3. The summed E-state index contributed by atoms with van der Waals surface area (Å²) >= 11 is 12.4. The van der Waals surface area contributed by atoms with Crippen LogP contribution in [0.15, 0.2) is 53.3 Å².